The number of aromatic nitrogens is 5. The summed E-state index contributed by atoms with van der Waals surface area (Å²) in [7, 11) is 3.27. The number of methoxy groups -OCH3 is 1. The van der Waals surface area contributed by atoms with Crippen molar-refractivity contribution in [3.63, 3.8) is 0 Å². The number of alkyl halides is 2. The minimum absolute atomic E-state index is 0.0125. The third kappa shape index (κ3) is 4.96. The van der Waals surface area contributed by atoms with Crippen molar-refractivity contribution in [1.29, 1.82) is 0 Å². The minimum atomic E-state index is -3.33. The molecule has 234 valence electrons. The second-order valence-electron chi connectivity index (χ2n) is 11.8. The molecule has 2 aromatic carbocycles. The lowest BCUT2D eigenvalue weighted by Crippen LogP contribution is -2.34. The number of hydrogen-bond donors (Lipinski definition) is 1. The molecule has 0 spiro atoms. The number of nitrogens with one attached hydrogen (secondary N) is 1. The highest BCUT2D eigenvalue weighted by Gasteiger charge is 2.46. The summed E-state index contributed by atoms with van der Waals surface area (Å²) in [6.45, 7) is 4.73. The van der Waals surface area contributed by atoms with E-state index < -0.39 is 24.0 Å². The maximum absolute atomic E-state index is 16.2. The van der Waals surface area contributed by atoms with Crippen LogP contribution in [0.5, 0.6) is 5.75 Å². The summed E-state index contributed by atoms with van der Waals surface area (Å²) in [4.78, 5) is 5.03. The average molecular weight is 621 g/mol. The quantitative estimate of drug-likeness (QED) is 0.161. The summed E-state index contributed by atoms with van der Waals surface area (Å²) in [6.07, 6.45) is 1.40. The molecule has 2 aliphatic rings. The van der Waals surface area contributed by atoms with Gasteiger partial charge in [-0.3, -0.25) is 9.36 Å². The second-order valence-corrected chi connectivity index (χ2v) is 11.8. The molecule has 45 heavy (non-hydrogen) atoms. The summed E-state index contributed by atoms with van der Waals surface area (Å²) in [5.74, 6) is -5.48. The Bertz CT molecular complexity index is 1920. The van der Waals surface area contributed by atoms with Crippen molar-refractivity contribution < 1.29 is 27.0 Å². The normalized spacial score (nSPS) is 18.8. The monoisotopic (exact) mass is 620 g/mol. The standard InChI is InChI=1S/C33H32F4N6O2/c1-17-15-38-18(2)26-14-25(41-43(17)26)32-29(28-23(35)12-21(34)13-27(28)45-10-9-44-4)30-22(7-8-33(30,36)37)31(39-32)19-5-6-20-16-42(3)40-24(20)11-19/h5-6,11-14,16-18,38H,7-10,15H2,1-4H3/t17-,18+/m0/s1. The van der Waals surface area contributed by atoms with Crippen LogP contribution >= 0.6 is 0 Å². The Balaban J connectivity index is 1.57. The van der Waals surface area contributed by atoms with Crippen molar-refractivity contribution in [2.24, 2.45) is 7.05 Å². The van der Waals surface area contributed by atoms with Crippen LogP contribution < -0.4 is 10.1 Å². The second kappa shape index (κ2) is 11.0. The lowest BCUT2D eigenvalue weighted by molar-refractivity contribution is -0.00131. The first-order valence-electron chi connectivity index (χ1n) is 14.9. The first-order valence-corrected chi connectivity index (χ1v) is 14.9. The van der Waals surface area contributed by atoms with Crippen LogP contribution in [-0.2, 0) is 24.1 Å². The van der Waals surface area contributed by atoms with Gasteiger partial charge < -0.3 is 14.8 Å². The largest absolute Gasteiger partial charge is 0.490 e. The molecule has 0 amide bonds. The van der Waals surface area contributed by atoms with E-state index in [0.717, 1.165) is 17.1 Å². The van der Waals surface area contributed by atoms with Crippen LogP contribution in [0.2, 0.25) is 0 Å². The predicted octanol–water partition coefficient (Wildman–Crippen LogP) is 6.73. The van der Waals surface area contributed by atoms with Gasteiger partial charge in [0, 0.05) is 73.6 Å². The van der Waals surface area contributed by atoms with Crippen LogP contribution in [0.1, 0.15) is 49.2 Å². The van der Waals surface area contributed by atoms with Gasteiger partial charge in [-0.2, -0.15) is 10.2 Å². The van der Waals surface area contributed by atoms with E-state index >= 15 is 13.2 Å². The molecule has 0 fully saturated rings. The molecule has 12 heteroatoms. The van der Waals surface area contributed by atoms with Crippen LogP contribution in [0.4, 0.5) is 17.6 Å². The SMILES string of the molecule is COCCOc1cc(F)cc(F)c1-c1c(-c2cc3n(n2)[C@@H](C)CN[C@@H]3C)nc(-c2ccc3cn(C)nc3c2)c2c1C(F)(F)CC2. The number of pyridine rings is 1. The Morgan fingerprint density at radius 1 is 1.02 bits per heavy atom. The van der Waals surface area contributed by atoms with Crippen molar-refractivity contribution in [3.05, 3.63) is 71.1 Å². The van der Waals surface area contributed by atoms with E-state index in [4.69, 9.17) is 19.6 Å². The van der Waals surface area contributed by atoms with Gasteiger partial charge in [-0.25, -0.2) is 22.5 Å². The average Bonchev–Trinajstić information content (AvgIpc) is 3.69. The van der Waals surface area contributed by atoms with Crippen LogP contribution in [0.3, 0.4) is 0 Å². The molecule has 0 bridgehead atoms. The smallest absolute Gasteiger partial charge is 0.274 e. The zero-order valence-electron chi connectivity index (χ0n) is 25.3. The number of benzene rings is 2. The summed E-state index contributed by atoms with van der Waals surface area (Å²) >= 11 is 0. The van der Waals surface area contributed by atoms with Gasteiger partial charge >= 0.3 is 0 Å². The van der Waals surface area contributed by atoms with E-state index in [9.17, 15) is 4.39 Å². The fourth-order valence-electron chi connectivity index (χ4n) is 6.51. The van der Waals surface area contributed by atoms with Crippen LogP contribution in [-0.4, -0.2) is 51.4 Å². The number of aryl methyl sites for hydroxylation is 1. The Morgan fingerprint density at radius 2 is 1.84 bits per heavy atom. The first-order chi connectivity index (χ1) is 21.6. The molecule has 8 nitrogen and oxygen atoms in total. The Kier molecular flexibility index (Phi) is 7.16. The summed E-state index contributed by atoms with van der Waals surface area (Å²) < 4.78 is 77.4. The highest BCUT2D eigenvalue weighted by molar-refractivity contribution is 5.91. The van der Waals surface area contributed by atoms with Gasteiger partial charge in [0.2, 0.25) is 0 Å². The number of nitrogens with zero attached hydrogens (tertiary/aromatic N) is 5. The lowest BCUT2D eigenvalue weighted by Gasteiger charge is -2.27. The molecule has 4 heterocycles. The summed E-state index contributed by atoms with van der Waals surface area (Å²) in [6, 6.07) is 8.92. The van der Waals surface area contributed by atoms with Crippen LogP contribution in [0, 0.1) is 11.6 Å². The number of fused-ring (bicyclic) bond motifs is 3. The highest BCUT2D eigenvalue weighted by Crippen LogP contribution is 2.54. The molecule has 0 saturated carbocycles. The Morgan fingerprint density at radius 3 is 2.62 bits per heavy atom. The number of ether oxygens (including phenoxy) is 2. The molecule has 1 aliphatic carbocycles. The van der Waals surface area contributed by atoms with E-state index in [1.807, 2.05) is 50.0 Å². The fraction of sp³-hybridized carbons (Fsp3) is 0.364. The molecule has 2 atom stereocenters. The van der Waals surface area contributed by atoms with Crippen molar-refractivity contribution in [1.82, 2.24) is 29.9 Å². The third-order valence-electron chi connectivity index (χ3n) is 8.65. The number of halogens is 4. The molecule has 5 aromatic rings. The Hall–Kier alpha value is -4.29. The van der Waals surface area contributed by atoms with E-state index in [0.29, 0.717) is 40.6 Å². The van der Waals surface area contributed by atoms with Crippen molar-refractivity contribution >= 4 is 10.9 Å². The van der Waals surface area contributed by atoms with Gasteiger partial charge in [-0.1, -0.05) is 12.1 Å². The predicted molar refractivity (Wildman–Crippen MR) is 161 cm³/mol. The zero-order chi connectivity index (χ0) is 31.6. The Labute approximate surface area is 257 Å². The molecule has 0 radical (unpaired) electrons. The maximum atomic E-state index is 16.2. The summed E-state index contributed by atoms with van der Waals surface area (Å²) in [5.41, 5.74) is 2.36. The van der Waals surface area contributed by atoms with E-state index in [1.54, 1.807) is 10.7 Å². The van der Waals surface area contributed by atoms with Gasteiger partial charge in [0.15, 0.2) is 0 Å². The topological polar surface area (TPSA) is 79.0 Å². The molecule has 1 aliphatic heterocycles. The number of rotatable bonds is 7. The first kappa shape index (κ1) is 29.4. The van der Waals surface area contributed by atoms with Crippen molar-refractivity contribution in [2.75, 3.05) is 26.9 Å². The molecule has 3 aromatic heterocycles. The van der Waals surface area contributed by atoms with Gasteiger partial charge in [0.1, 0.15) is 29.7 Å². The molecular weight excluding hydrogens is 588 g/mol. The third-order valence-corrected chi connectivity index (χ3v) is 8.65. The fourth-order valence-corrected chi connectivity index (χ4v) is 6.51. The molecule has 0 unspecified atom stereocenters. The molecule has 7 rings (SSSR count). The van der Waals surface area contributed by atoms with Gasteiger partial charge in [-0.05, 0) is 38.0 Å². The summed E-state index contributed by atoms with van der Waals surface area (Å²) in [5, 5.41) is 13.7. The van der Waals surface area contributed by atoms with Crippen molar-refractivity contribution in [2.45, 2.75) is 44.7 Å². The maximum Gasteiger partial charge on any atom is 0.274 e. The lowest BCUT2D eigenvalue weighted by atomic mass is 9.89. The zero-order valence-corrected chi connectivity index (χ0v) is 25.3. The molecule has 1 N–H and O–H groups in total. The van der Waals surface area contributed by atoms with Gasteiger partial charge in [0.05, 0.1) is 40.8 Å². The number of hydrogen-bond acceptors (Lipinski definition) is 6. The molecular formula is C33H32F4N6O2. The van der Waals surface area contributed by atoms with Gasteiger partial charge in [0.25, 0.3) is 5.92 Å². The van der Waals surface area contributed by atoms with Crippen LogP contribution in [0.25, 0.3) is 44.7 Å². The van der Waals surface area contributed by atoms with Gasteiger partial charge in [-0.15, -0.1) is 0 Å². The minimum Gasteiger partial charge on any atom is -0.490 e. The van der Waals surface area contributed by atoms with E-state index in [2.05, 4.69) is 10.4 Å². The molecule has 0 saturated heterocycles. The highest BCUT2D eigenvalue weighted by atomic mass is 19.3. The van der Waals surface area contributed by atoms with E-state index in [1.165, 1.54) is 7.11 Å². The van der Waals surface area contributed by atoms with Crippen molar-refractivity contribution in [3.8, 4) is 39.5 Å². The van der Waals surface area contributed by atoms with E-state index in [-0.39, 0.29) is 59.9 Å². The van der Waals surface area contributed by atoms with Crippen LogP contribution in [0.15, 0.2) is 42.6 Å².